The van der Waals surface area contributed by atoms with Crippen LogP contribution in [0.25, 0.3) is 0 Å². The summed E-state index contributed by atoms with van der Waals surface area (Å²) in [5.41, 5.74) is 0. The van der Waals surface area contributed by atoms with Crippen LogP contribution in [0.4, 0.5) is 0 Å². The van der Waals surface area contributed by atoms with Crippen molar-refractivity contribution in [2.45, 2.75) is 157 Å². The minimum atomic E-state index is -2.49. The average molecular weight is 620 g/mol. The fourth-order valence-electron chi connectivity index (χ4n) is 4.19. The molecular formula is C29H64O2Si2Sn. The maximum atomic E-state index is 6.73. The van der Waals surface area contributed by atoms with Crippen molar-refractivity contribution in [3.05, 3.63) is 9.67 Å². The molecule has 0 unspecified atom stereocenters. The summed E-state index contributed by atoms with van der Waals surface area (Å²) < 4.78 is 19.9. The molecule has 0 aliphatic rings. The molecule has 0 saturated heterocycles. The first-order valence-electron chi connectivity index (χ1n) is 14.5. The van der Waals surface area contributed by atoms with Gasteiger partial charge in [-0.25, -0.2) is 0 Å². The molecule has 0 aromatic carbocycles. The normalized spacial score (nSPS) is 14.7. The van der Waals surface area contributed by atoms with E-state index >= 15 is 0 Å². The summed E-state index contributed by atoms with van der Waals surface area (Å²) >= 11 is -2.49. The molecule has 0 atom stereocenters. The molecule has 34 heavy (non-hydrogen) atoms. The zero-order valence-corrected chi connectivity index (χ0v) is 30.7. The van der Waals surface area contributed by atoms with Gasteiger partial charge in [-0.15, -0.1) is 0 Å². The first-order chi connectivity index (χ1) is 15.5. The van der Waals surface area contributed by atoms with Crippen LogP contribution in [0.5, 0.6) is 0 Å². The fourth-order valence-corrected chi connectivity index (χ4v) is 23.2. The van der Waals surface area contributed by atoms with Crippen molar-refractivity contribution in [2.75, 3.05) is 13.2 Å². The monoisotopic (exact) mass is 620 g/mol. The molecular weight excluding hydrogens is 555 g/mol. The predicted octanol–water partition coefficient (Wildman–Crippen LogP) is 10.7. The molecule has 5 heteroatoms. The summed E-state index contributed by atoms with van der Waals surface area (Å²) in [6.07, 6.45) is 12.0. The molecule has 0 bridgehead atoms. The van der Waals surface area contributed by atoms with E-state index in [1.54, 1.807) is 0 Å². The van der Waals surface area contributed by atoms with Gasteiger partial charge in [0.15, 0.2) is 0 Å². The van der Waals surface area contributed by atoms with Gasteiger partial charge in [-0.05, 0) is 0 Å². The molecule has 0 aromatic heterocycles. The third kappa shape index (κ3) is 11.5. The zero-order valence-electron chi connectivity index (χ0n) is 25.9. The second-order valence-corrected chi connectivity index (χ2v) is 36.8. The molecule has 0 saturated carbocycles. The van der Waals surface area contributed by atoms with Crippen LogP contribution in [0.2, 0.25) is 49.6 Å². The van der Waals surface area contributed by atoms with E-state index in [0.29, 0.717) is 0 Å². The fraction of sp³-hybridized carbons (Fsp3) is 0.931. The topological polar surface area (TPSA) is 18.5 Å². The Bertz CT molecular complexity index is 564. The number of unbranched alkanes of at least 4 members (excludes halogenated alkanes) is 3. The maximum absolute atomic E-state index is 6.73. The molecule has 0 aromatic rings. The van der Waals surface area contributed by atoms with E-state index in [0.717, 1.165) is 19.6 Å². The summed E-state index contributed by atoms with van der Waals surface area (Å²) in [5, 5.41) is 0.536. The van der Waals surface area contributed by atoms with E-state index in [1.165, 1.54) is 51.8 Å². The van der Waals surface area contributed by atoms with E-state index in [1.807, 2.05) is 3.59 Å². The van der Waals surface area contributed by atoms with Gasteiger partial charge in [0.05, 0.1) is 0 Å². The van der Waals surface area contributed by atoms with Gasteiger partial charge in [0.1, 0.15) is 0 Å². The van der Waals surface area contributed by atoms with Crippen LogP contribution in [0, 0.1) is 0 Å². The molecule has 0 spiro atoms. The average Bonchev–Trinajstić information content (AvgIpc) is 2.70. The van der Waals surface area contributed by atoms with Crippen LogP contribution < -0.4 is 0 Å². The second kappa shape index (κ2) is 15.3. The van der Waals surface area contributed by atoms with Crippen LogP contribution in [0.15, 0.2) is 9.67 Å². The third-order valence-electron chi connectivity index (χ3n) is 8.93. The second-order valence-electron chi connectivity index (χ2n) is 13.8. The molecule has 0 N–H and O–H groups in total. The Morgan fingerprint density at radius 2 is 1.06 bits per heavy atom. The predicted molar refractivity (Wildman–Crippen MR) is 164 cm³/mol. The molecule has 2 nitrogen and oxygen atoms in total. The third-order valence-corrected chi connectivity index (χ3v) is 34.4. The van der Waals surface area contributed by atoms with E-state index < -0.39 is 35.0 Å². The van der Waals surface area contributed by atoms with Crippen molar-refractivity contribution in [3.63, 3.8) is 0 Å². The van der Waals surface area contributed by atoms with Crippen molar-refractivity contribution >= 4 is 35.0 Å². The Balaban J connectivity index is 6.04. The van der Waals surface area contributed by atoms with Gasteiger partial charge in [0, 0.05) is 0 Å². The quantitative estimate of drug-likeness (QED) is 0.151. The van der Waals surface area contributed by atoms with Crippen LogP contribution >= 0.6 is 0 Å². The summed E-state index contributed by atoms with van der Waals surface area (Å²) in [7, 11) is -3.46. The Labute approximate surface area is 222 Å². The van der Waals surface area contributed by atoms with Crippen molar-refractivity contribution in [2.24, 2.45) is 0 Å². The number of rotatable bonds is 17. The first kappa shape index (κ1) is 34.9. The minimum absolute atomic E-state index is 0.263. The van der Waals surface area contributed by atoms with Crippen LogP contribution in [0.3, 0.4) is 0 Å². The van der Waals surface area contributed by atoms with Crippen molar-refractivity contribution in [1.29, 1.82) is 0 Å². The van der Waals surface area contributed by atoms with Crippen LogP contribution in [-0.4, -0.2) is 48.2 Å². The molecule has 0 heterocycles. The first-order valence-corrected chi connectivity index (χ1v) is 27.8. The van der Waals surface area contributed by atoms with Crippen molar-refractivity contribution in [3.8, 4) is 0 Å². The standard InChI is InChI=1S/C17H37O2Si2.3C4H9.Sn/c1-16(2,3)20(7,8)18-14-12-11-13-15-19-21(9,10)17(4,5)6;3*1-3-4-2;/h12H,13-15H2,1-10H3;3*1,3-4H2,2H3;. The van der Waals surface area contributed by atoms with Crippen LogP contribution in [0.1, 0.15) is 107 Å². The summed E-state index contributed by atoms with van der Waals surface area (Å²) in [5.74, 6) is 0. The summed E-state index contributed by atoms with van der Waals surface area (Å²) in [6, 6.07) is 0. The number of hydrogen-bond donors (Lipinski definition) is 0. The van der Waals surface area contributed by atoms with Crippen molar-refractivity contribution < 1.29 is 8.85 Å². The van der Waals surface area contributed by atoms with Gasteiger partial charge in [-0.1, -0.05) is 0 Å². The van der Waals surface area contributed by atoms with Crippen LogP contribution in [-0.2, 0) is 8.85 Å². The summed E-state index contributed by atoms with van der Waals surface area (Å²) in [6.45, 7) is 32.6. The van der Waals surface area contributed by atoms with Gasteiger partial charge in [0.2, 0.25) is 0 Å². The Kier molecular flexibility index (Phi) is 15.7. The van der Waals surface area contributed by atoms with Gasteiger partial charge in [-0.3, -0.25) is 0 Å². The van der Waals surface area contributed by atoms with E-state index in [4.69, 9.17) is 8.85 Å². The Morgan fingerprint density at radius 3 is 1.41 bits per heavy atom. The molecule has 204 valence electrons. The van der Waals surface area contributed by atoms with E-state index in [-0.39, 0.29) is 10.1 Å². The van der Waals surface area contributed by atoms with Gasteiger partial charge in [-0.2, -0.15) is 0 Å². The zero-order chi connectivity index (χ0) is 26.7. The van der Waals surface area contributed by atoms with Crippen molar-refractivity contribution in [1.82, 2.24) is 0 Å². The molecule has 0 amide bonds. The molecule has 0 fully saturated rings. The van der Waals surface area contributed by atoms with Gasteiger partial charge in [0.25, 0.3) is 0 Å². The summed E-state index contributed by atoms with van der Waals surface area (Å²) in [4.78, 5) is 0. The van der Waals surface area contributed by atoms with E-state index in [9.17, 15) is 0 Å². The van der Waals surface area contributed by atoms with Gasteiger partial charge < -0.3 is 0 Å². The molecule has 0 aliphatic carbocycles. The molecule has 0 radical (unpaired) electrons. The Morgan fingerprint density at radius 1 is 0.676 bits per heavy atom. The SMILES string of the molecule is CCC[CH2][Sn]([CH2]CCC)([CH2]CCC)/[C](=C/CO[Si](C)(C)C(C)(C)C)CCO[Si](C)(C)C(C)(C)C. The Hall–Kier alpha value is 0.892. The van der Waals surface area contributed by atoms with Gasteiger partial charge >= 0.3 is 224 Å². The molecule has 0 aliphatic heterocycles. The molecule has 0 rings (SSSR count). The van der Waals surface area contributed by atoms with E-state index in [2.05, 4.69) is 94.6 Å². The number of hydrogen-bond acceptors (Lipinski definition) is 2.